The third kappa shape index (κ3) is 3.03. The fourth-order valence-electron chi connectivity index (χ4n) is 3.80. The molecule has 3 aliphatic rings. The first-order chi connectivity index (χ1) is 11.7. The van der Waals surface area contributed by atoms with Gasteiger partial charge >= 0.3 is 5.97 Å². The van der Waals surface area contributed by atoms with Gasteiger partial charge in [-0.05, 0) is 31.4 Å². The van der Waals surface area contributed by atoms with Gasteiger partial charge in [-0.2, -0.15) is 0 Å². The molecule has 2 N–H and O–H groups in total. The summed E-state index contributed by atoms with van der Waals surface area (Å²) in [6.07, 6.45) is 3.00. The largest absolute Gasteiger partial charge is 0.461 e. The number of fused-ring (bicyclic) bond motifs is 2. The smallest absolute Gasteiger partial charge is 0.326 e. The second kappa shape index (κ2) is 6.74. The van der Waals surface area contributed by atoms with E-state index in [4.69, 9.17) is 4.74 Å². The molecular formula is C17H21N3O3S. The Hall–Kier alpha value is -1.57. The van der Waals surface area contributed by atoms with Crippen LogP contribution in [0.5, 0.6) is 0 Å². The first kappa shape index (κ1) is 15.9. The van der Waals surface area contributed by atoms with E-state index in [1.807, 2.05) is 24.3 Å². The molecule has 1 amide bonds. The minimum absolute atomic E-state index is 0.00878. The van der Waals surface area contributed by atoms with Crippen LogP contribution in [0, 0.1) is 5.92 Å². The molecule has 2 fully saturated rings. The van der Waals surface area contributed by atoms with Crippen molar-refractivity contribution in [2.45, 2.75) is 36.3 Å². The number of rotatable bonds is 3. The molecule has 0 bridgehead atoms. The SMILES string of the molecule is O=C(CN1C(=O)CSc2ccccc21)OC1CCCC2NNCC21. The van der Waals surface area contributed by atoms with Crippen molar-refractivity contribution in [3.8, 4) is 0 Å². The fourth-order valence-corrected chi connectivity index (χ4v) is 4.73. The van der Waals surface area contributed by atoms with Gasteiger partial charge in [0.2, 0.25) is 5.91 Å². The van der Waals surface area contributed by atoms with Crippen LogP contribution >= 0.6 is 11.8 Å². The third-order valence-corrected chi connectivity index (χ3v) is 6.05. The molecule has 3 unspecified atom stereocenters. The average molecular weight is 347 g/mol. The lowest BCUT2D eigenvalue weighted by molar-refractivity contribution is -0.152. The quantitative estimate of drug-likeness (QED) is 0.804. The van der Waals surface area contributed by atoms with Crippen molar-refractivity contribution in [1.82, 2.24) is 10.9 Å². The second-order valence-electron chi connectivity index (χ2n) is 6.49. The number of carbonyl (C=O) groups is 2. The summed E-state index contributed by atoms with van der Waals surface area (Å²) >= 11 is 1.52. The molecule has 0 aromatic heterocycles. The van der Waals surface area contributed by atoms with Crippen molar-refractivity contribution in [3.05, 3.63) is 24.3 Å². The molecule has 128 valence electrons. The molecule has 1 aromatic carbocycles. The van der Waals surface area contributed by atoms with Crippen LogP contribution in [0.25, 0.3) is 0 Å². The zero-order valence-electron chi connectivity index (χ0n) is 13.4. The summed E-state index contributed by atoms with van der Waals surface area (Å²) in [7, 11) is 0. The number of esters is 1. The van der Waals surface area contributed by atoms with Crippen LogP contribution < -0.4 is 15.8 Å². The Morgan fingerprint density at radius 2 is 2.21 bits per heavy atom. The van der Waals surface area contributed by atoms with E-state index < -0.39 is 0 Å². The normalized spacial score (nSPS) is 29.1. The van der Waals surface area contributed by atoms with E-state index in [0.29, 0.717) is 17.7 Å². The number of ether oxygens (including phenoxy) is 1. The lowest BCUT2D eigenvalue weighted by Gasteiger charge is -2.33. The van der Waals surface area contributed by atoms with E-state index in [1.165, 1.54) is 11.8 Å². The summed E-state index contributed by atoms with van der Waals surface area (Å²) in [5.41, 5.74) is 7.22. The van der Waals surface area contributed by atoms with Gasteiger partial charge in [-0.1, -0.05) is 12.1 Å². The van der Waals surface area contributed by atoms with Crippen LogP contribution in [0.3, 0.4) is 0 Å². The molecule has 0 radical (unpaired) electrons. The van der Waals surface area contributed by atoms with Gasteiger partial charge < -0.3 is 4.74 Å². The molecular weight excluding hydrogens is 326 g/mol. The third-order valence-electron chi connectivity index (χ3n) is 5.00. The van der Waals surface area contributed by atoms with Gasteiger partial charge in [-0.15, -0.1) is 11.8 Å². The highest BCUT2D eigenvalue weighted by molar-refractivity contribution is 8.00. The topological polar surface area (TPSA) is 70.7 Å². The van der Waals surface area contributed by atoms with Crippen LogP contribution in [0.1, 0.15) is 19.3 Å². The standard InChI is InChI=1S/C17H21N3O3S/c21-16-10-24-15-7-2-1-5-13(15)20(16)9-17(22)23-14-6-3-4-12-11(14)8-18-19-12/h1-2,5,7,11-12,14,18-19H,3-4,6,8-10H2. The second-order valence-corrected chi connectivity index (χ2v) is 7.51. The molecule has 2 aliphatic heterocycles. The predicted octanol–water partition coefficient (Wildman–Crippen LogP) is 1.31. The maximum Gasteiger partial charge on any atom is 0.326 e. The first-order valence-electron chi connectivity index (χ1n) is 8.42. The van der Waals surface area contributed by atoms with E-state index in [1.54, 1.807) is 4.90 Å². The Balaban J connectivity index is 1.43. The van der Waals surface area contributed by atoms with Crippen molar-refractivity contribution in [3.63, 3.8) is 0 Å². The number of amides is 1. The summed E-state index contributed by atoms with van der Waals surface area (Å²) in [4.78, 5) is 27.3. The Labute approximate surface area is 145 Å². The highest BCUT2D eigenvalue weighted by atomic mass is 32.2. The summed E-state index contributed by atoms with van der Waals surface area (Å²) in [5.74, 6) is 0.332. The molecule has 3 atom stereocenters. The number of benzene rings is 1. The fraction of sp³-hybridized carbons (Fsp3) is 0.529. The summed E-state index contributed by atoms with van der Waals surface area (Å²) in [6, 6.07) is 8.07. The zero-order valence-corrected chi connectivity index (χ0v) is 14.2. The first-order valence-corrected chi connectivity index (χ1v) is 9.41. The number of anilines is 1. The van der Waals surface area contributed by atoms with Crippen LogP contribution in [0.2, 0.25) is 0 Å². The number of thioether (sulfide) groups is 1. The summed E-state index contributed by atoms with van der Waals surface area (Å²) in [5, 5.41) is 0. The van der Waals surface area contributed by atoms with E-state index in [2.05, 4.69) is 10.9 Å². The summed E-state index contributed by atoms with van der Waals surface area (Å²) < 4.78 is 5.75. The van der Waals surface area contributed by atoms with Crippen molar-refractivity contribution in [1.29, 1.82) is 0 Å². The molecule has 1 saturated heterocycles. The molecule has 6 nitrogen and oxygen atoms in total. The van der Waals surface area contributed by atoms with Crippen molar-refractivity contribution >= 4 is 29.3 Å². The number of carbonyl (C=O) groups excluding carboxylic acids is 2. The van der Waals surface area contributed by atoms with Crippen LogP contribution in [-0.2, 0) is 14.3 Å². The molecule has 2 heterocycles. The number of para-hydroxylation sites is 1. The van der Waals surface area contributed by atoms with Gasteiger partial charge in [0, 0.05) is 23.4 Å². The average Bonchev–Trinajstić information content (AvgIpc) is 3.07. The Morgan fingerprint density at radius 3 is 3.12 bits per heavy atom. The number of nitrogens with one attached hydrogen (secondary N) is 2. The maximum absolute atomic E-state index is 12.5. The Kier molecular flexibility index (Phi) is 4.47. The van der Waals surface area contributed by atoms with Gasteiger partial charge in [-0.25, -0.2) is 0 Å². The van der Waals surface area contributed by atoms with Gasteiger partial charge in [0.1, 0.15) is 12.6 Å². The summed E-state index contributed by atoms with van der Waals surface area (Å²) in [6.45, 7) is 0.815. The van der Waals surface area contributed by atoms with E-state index in [9.17, 15) is 9.59 Å². The molecule has 1 aromatic rings. The lowest BCUT2D eigenvalue weighted by Crippen LogP contribution is -2.44. The molecule has 7 heteroatoms. The lowest BCUT2D eigenvalue weighted by atomic mass is 9.83. The van der Waals surface area contributed by atoms with Gasteiger partial charge in [0.25, 0.3) is 0 Å². The zero-order chi connectivity index (χ0) is 16.5. The Bertz CT molecular complexity index is 654. The maximum atomic E-state index is 12.5. The highest BCUT2D eigenvalue weighted by Crippen LogP contribution is 2.35. The number of hydrogen-bond acceptors (Lipinski definition) is 6. The minimum atomic E-state index is -0.317. The number of hydrogen-bond donors (Lipinski definition) is 2. The molecule has 1 saturated carbocycles. The molecule has 0 spiro atoms. The molecule has 4 rings (SSSR count). The van der Waals surface area contributed by atoms with Crippen LogP contribution in [0.15, 0.2) is 29.2 Å². The molecule has 24 heavy (non-hydrogen) atoms. The van der Waals surface area contributed by atoms with Crippen LogP contribution in [-0.4, -0.2) is 42.9 Å². The predicted molar refractivity (Wildman–Crippen MR) is 91.7 cm³/mol. The van der Waals surface area contributed by atoms with Gasteiger partial charge in [-0.3, -0.25) is 25.3 Å². The number of nitrogens with zero attached hydrogens (tertiary/aromatic N) is 1. The van der Waals surface area contributed by atoms with Gasteiger partial charge in [0.05, 0.1) is 11.4 Å². The highest BCUT2D eigenvalue weighted by Gasteiger charge is 2.39. The monoisotopic (exact) mass is 347 g/mol. The van der Waals surface area contributed by atoms with Crippen molar-refractivity contribution < 1.29 is 14.3 Å². The van der Waals surface area contributed by atoms with Crippen molar-refractivity contribution in [2.75, 3.05) is 23.7 Å². The van der Waals surface area contributed by atoms with E-state index >= 15 is 0 Å². The Morgan fingerprint density at radius 1 is 1.33 bits per heavy atom. The van der Waals surface area contributed by atoms with E-state index in [-0.39, 0.29) is 24.5 Å². The molecule has 1 aliphatic carbocycles. The van der Waals surface area contributed by atoms with Gasteiger partial charge in [0.15, 0.2) is 0 Å². The van der Waals surface area contributed by atoms with Crippen molar-refractivity contribution in [2.24, 2.45) is 5.92 Å². The van der Waals surface area contributed by atoms with E-state index in [0.717, 1.165) is 36.4 Å². The minimum Gasteiger partial charge on any atom is -0.461 e. The van der Waals surface area contributed by atoms with Crippen LogP contribution in [0.4, 0.5) is 5.69 Å². The number of hydrazine groups is 1.